The van der Waals surface area contributed by atoms with E-state index in [1.54, 1.807) is 27.8 Å². The first-order valence-corrected chi connectivity index (χ1v) is 9.87. The molecule has 0 saturated carbocycles. The average molecular weight is 405 g/mol. The van der Waals surface area contributed by atoms with Gasteiger partial charge in [0.05, 0.1) is 6.04 Å². The van der Waals surface area contributed by atoms with Gasteiger partial charge < -0.3 is 26.0 Å². The van der Waals surface area contributed by atoms with Gasteiger partial charge in [0.1, 0.15) is 11.1 Å². The number of primary amides is 1. The van der Waals surface area contributed by atoms with Gasteiger partial charge in [0.25, 0.3) is 0 Å². The molecule has 0 bridgehead atoms. The Labute approximate surface area is 172 Å². The summed E-state index contributed by atoms with van der Waals surface area (Å²) in [5.41, 5.74) is 4.89. The van der Waals surface area contributed by atoms with Crippen LogP contribution in [0.4, 0.5) is 4.79 Å². The first kappa shape index (κ1) is 22.7. The van der Waals surface area contributed by atoms with E-state index in [4.69, 9.17) is 10.5 Å². The first-order chi connectivity index (χ1) is 13.6. The van der Waals surface area contributed by atoms with Crippen molar-refractivity contribution in [2.75, 3.05) is 20.1 Å². The maximum absolute atomic E-state index is 12.9. The molecule has 2 rings (SSSR count). The normalized spacial score (nSPS) is 17.3. The Morgan fingerprint density at radius 2 is 1.76 bits per heavy atom. The molecular formula is C21H32N4O4. The number of likely N-dealkylation sites (tertiary alicyclic amines) is 1. The summed E-state index contributed by atoms with van der Waals surface area (Å²) in [6, 6.07) is 9.13. The van der Waals surface area contributed by atoms with Crippen molar-refractivity contribution in [3.05, 3.63) is 35.9 Å². The predicted molar refractivity (Wildman–Crippen MR) is 110 cm³/mol. The number of nitrogens with zero attached hydrogens (tertiary/aromatic N) is 1. The molecule has 8 heteroatoms. The maximum Gasteiger partial charge on any atom is 0.410 e. The SMILES string of the molecule is CNC(Cc1ccccc1)C(=O)NC1(C(N)=O)CCN(C(=O)OC(C)(C)C)CC1. The minimum Gasteiger partial charge on any atom is -0.444 e. The molecule has 160 valence electrons. The van der Waals surface area contributed by atoms with Gasteiger partial charge in [-0.05, 0) is 52.6 Å². The van der Waals surface area contributed by atoms with Crippen LogP contribution in [0.15, 0.2) is 30.3 Å². The van der Waals surface area contributed by atoms with Gasteiger partial charge in [0.2, 0.25) is 11.8 Å². The lowest BCUT2D eigenvalue weighted by molar-refractivity contribution is -0.134. The molecule has 3 amide bonds. The molecule has 0 radical (unpaired) electrons. The summed E-state index contributed by atoms with van der Waals surface area (Å²) in [5, 5.41) is 5.86. The molecule has 1 heterocycles. The van der Waals surface area contributed by atoms with Gasteiger partial charge >= 0.3 is 6.09 Å². The number of benzene rings is 1. The molecule has 8 nitrogen and oxygen atoms in total. The number of nitrogens with one attached hydrogen (secondary N) is 2. The summed E-state index contributed by atoms with van der Waals surface area (Å²) in [6.45, 7) is 5.95. The van der Waals surface area contributed by atoms with Crippen LogP contribution in [0.3, 0.4) is 0 Å². The van der Waals surface area contributed by atoms with E-state index in [0.29, 0.717) is 6.42 Å². The summed E-state index contributed by atoms with van der Waals surface area (Å²) in [7, 11) is 1.70. The molecule has 1 aliphatic heterocycles. The molecule has 1 aromatic carbocycles. The van der Waals surface area contributed by atoms with E-state index < -0.39 is 29.2 Å². The summed E-state index contributed by atoms with van der Waals surface area (Å²) in [4.78, 5) is 38.9. The van der Waals surface area contributed by atoms with Gasteiger partial charge in [-0.3, -0.25) is 9.59 Å². The van der Waals surface area contributed by atoms with Crippen LogP contribution < -0.4 is 16.4 Å². The topological polar surface area (TPSA) is 114 Å². The van der Waals surface area contributed by atoms with E-state index in [1.807, 2.05) is 30.3 Å². The number of carbonyl (C=O) groups is 3. The summed E-state index contributed by atoms with van der Waals surface area (Å²) in [5.74, 6) is -0.884. The standard InChI is InChI=1S/C21H32N4O4/c1-20(2,3)29-19(28)25-12-10-21(11-13-25,18(22)27)24-17(26)16(23-4)14-15-8-6-5-7-9-15/h5-9,16,23H,10-14H2,1-4H3,(H2,22,27)(H,24,26). The van der Waals surface area contributed by atoms with Gasteiger partial charge in [0, 0.05) is 13.1 Å². The number of nitrogens with two attached hydrogens (primary N) is 1. The van der Waals surface area contributed by atoms with Crippen LogP contribution in [-0.4, -0.2) is 60.1 Å². The minimum absolute atomic E-state index is 0.245. The molecule has 0 aliphatic carbocycles. The number of likely N-dealkylation sites (N-methyl/N-ethyl adjacent to an activating group) is 1. The fourth-order valence-electron chi connectivity index (χ4n) is 3.33. The molecule has 4 N–H and O–H groups in total. The van der Waals surface area contributed by atoms with Crippen LogP contribution in [0, 0.1) is 0 Å². The maximum atomic E-state index is 12.9. The van der Waals surface area contributed by atoms with E-state index in [0.717, 1.165) is 5.56 Å². The van der Waals surface area contributed by atoms with Gasteiger partial charge in [-0.1, -0.05) is 30.3 Å². The van der Waals surface area contributed by atoms with Crippen molar-refractivity contribution >= 4 is 17.9 Å². The Morgan fingerprint density at radius 3 is 2.24 bits per heavy atom. The fraction of sp³-hybridized carbons (Fsp3) is 0.571. The van der Waals surface area contributed by atoms with E-state index in [-0.39, 0.29) is 31.8 Å². The molecule has 1 atom stereocenters. The van der Waals surface area contributed by atoms with Crippen molar-refractivity contribution in [3.8, 4) is 0 Å². The van der Waals surface area contributed by atoms with Crippen LogP contribution in [0.1, 0.15) is 39.2 Å². The first-order valence-electron chi connectivity index (χ1n) is 9.87. The molecule has 1 saturated heterocycles. The molecule has 1 aromatic rings. The Bertz CT molecular complexity index is 722. The number of carbonyl (C=O) groups excluding carboxylic acids is 3. The highest BCUT2D eigenvalue weighted by atomic mass is 16.6. The van der Waals surface area contributed by atoms with Gasteiger partial charge in [-0.2, -0.15) is 0 Å². The zero-order valence-corrected chi connectivity index (χ0v) is 17.7. The number of hydrogen-bond acceptors (Lipinski definition) is 5. The van der Waals surface area contributed by atoms with Crippen molar-refractivity contribution in [2.45, 2.75) is 57.2 Å². The highest BCUT2D eigenvalue weighted by molar-refractivity contribution is 5.92. The monoisotopic (exact) mass is 404 g/mol. The van der Waals surface area contributed by atoms with Crippen molar-refractivity contribution in [1.29, 1.82) is 0 Å². The largest absolute Gasteiger partial charge is 0.444 e. The van der Waals surface area contributed by atoms with Crippen molar-refractivity contribution in [2.24, 2.45) is 5.73 Å². The van der Waals surface area contributed by atoms with Crippen LogP contribution in [0.2, 0.25) is 0 Å². The number of rotatable bonds is 6. The molecule has 1 aliphatic rings. The van der Waals surface area contributed by atoms with Crippen molar-refractivity contribution in [3.63, 3.8) is 0 Å². The third-order valence-corrected chi connectivity index (χ3v) is 5.05. The predicted octanol–water partition coefficient (Wildman–Crippen LogP) is 1.19. The van der Waals surface area contributed by atoms with Crippen molar-refractivity contribution < 1.29 is 19.1 Å². The number of ether oxygens (including phenoxy) is 1. The Kier molecular flexibility index (Phi) is 7.24. The van der Waals surface area contributed by atoms with Gasteiger partial charge in [-0.25, -0.2) is 4.79 Å². The summed E-state index contributed by atoms with van der Waals surface area (Å²) < 4.78 is 5.38. The molecule has 0 aromatic heterocycles. The number of amides is 3. The molecule has 1 unspecified atom stereocenters. The lowest BCUT2D eigenvalue weighted by Gasteiger charge is -2.40. The third-order valence-electron chi connectivity index (χ3n) is 5.05. The van der Waals surface area contributed by atoms with Gasteiger partial charge in [-0.15, -0.1) is 0 Å². The molecule has 0 spiro atoms. The fourth-order valence-corrected chi connectivity index (χ4v) is 3.33. The Morgan fingerprint density at radius 1 is 1.17 bits per heavy atom. The Balaban J connectivity index is 2.03. The second-order valence-corrected chi connectivity index (χ2v) is 8.43. The van der Waals surface area contributed by atoms with E-state index in [2.05, 4.69) is 10.6 Å². The lowest BCUT2D eigenvalue weighted by Crippen LogP contribution is -2.65. The third kappa shape index (κ3) is 6.19. The van der Waals surface area contributed by atoms with Crippen LogP contribution >= 0.6 is 0 Å². The summed E-state index contributed by atoms with van der Waals surface area (Å²) in [6.07, 6.45) is 0.547. The van der Waals surface area contributed by atoms with E-state index >= 15 is 0 Å². The molecule has 29 heavy (non-hydrogen) atoms. The second-order valence-electron chi connectivity index (χ2n) is 8.43. The minimum atomic E-state index is -1.18. The van der Waals surface area contributed by atoms with Crippen molar-refractivity contribution in [1.82, 2.24) is 15.5 Å². The highest BCUT2D eigenvalue weighted by Gasteiger charge is 2.43. The smallest absolute Gasteiger partial charge is 0.410 e. The zero-order chi connectivity index (χ0) is 21.7. The van der Waals surface area contributed by atoms with Crippen LogP contribution in [0.25, 0.3) is 0 Å². The molecule has 1 fully saturated rings. The zero-order valence-electron chi connectivity index (χ0n) is 17.7. The van der Waals surface area contributed by atoms with Crippen LogP contribution in [0.5, 0.6) is 0 Å². The van der Waals surface area contributed by atoms with E-state index in [1.165, 1.54) is 4.90 Å². The second kappa shape index (κ2) is 9.26. The molecular weight excluding hydrogens is 372 g/mol. The quantitative estimate of drug-likeness (QED) is 0.659. The van der Waals surface area contributed by atoms with E-state index in [9.17, 15) is 14.4 Å². The van der Waals surface area contributed by atoms with Crippen LogP contribution in [-0.2, 0) is 20.7 Å². The lowest BCUT2D eigenvalue weighted by atomic mass is 9.86. The number of piperidine rings is 1. The highest BCUT2D eigenvalue weighted by Crippen LogP contribution is 2.24. The average Bonchev–Trinajstić information content (AvgIpc) is 2.65. The Hall–Kier alpha value is -2.61. The number of hydrogen-bond donors (Lipinski definition) is 3. The summed E-state index contributed by atoms with van der Waals surface area (Å²) >= 11 is 0. The van der Waals surface area contributed by atoms with Gasteiger partial charge in [0.15, 0.2) is 0 Å².